The van der Waals surface area contributed by atoms with Crippen molar-refractivity contribution < 1.29 is 24.5 Å². The lowest BCUT2D eigenvalue weighted by molar-refractivity contribution is -0.130. The van der Waals surface area contributed by atoms with Crippen molar-refractivity contribution in [1.29, 1.82) is 0 Å². The Kier molecular flexibility index (Phi) is 3.95. The van der Waals surface area contributed by atoms with Crippen molar-refractivity contribution in [3.05, 3.63) is 24.0 Å². The van der Waals surface area contributed by atoms with Gasteiger partial charge in [0.1, 0.15) is 0 Å². The largest absolute Gasteiger partial charge is 0.510 e. The summed E-state index contributed by atoms with van der Waals surface area (Å²) in [6, 6.07) is 0. The minimum absolute atomic E-state index is 0.223. The number of ether oxygens (including phenoxy) is 1. The van der Waals surface area contributed by atoms with E-state index in [2.05, 4.69) is 11.7 Å². The molecule has 30 heavy (non-hydrogen) atoms. The second-order valence-corrected chi connectivity index (χ2v) is 11.3. The maximum Gasteiger partial charge on any atom is 0.510 e. The quantitative estimate of drug-likeness (QED) is 0.524. The molecule has 0 unspecified atom stereocenters. The van der Waals surface area contributed by atoms with Crippen molar-refractivity contribution in [2.24, 2.45) is 52.8 Å². The number of hydrogen-bond donors (Lipinski definition) is 2. The molecule has 2 N–H and O–H groups in total. The van der Waals surface area contributed by atoms with E-state index in [0.717, 1.165) is 38.0 Å². The lowest BCUT2D eigenvalue weighted by Gasteiger charge is -2.59. The van der Waals surface area contributed by atoms with Crippen LogP contribution in [0.15, 0.2) is 24.0 Å². The van der Waals surface area contributed by atoms with Crippen LogP contribution in [0.25, 0.3) is 0 Å². The Bertz CT molecular complexity index is 856. The highest BCUT2D eigenvalue weighted by Crippen LogP contribution is 2.77. The number of carbonyl (C=O) groups excluding carboxylic acids is 1. The number of hydrogen-bond acceptors (Lipinski definition) is 4. The van der Waals surface area contributed by atoms with Crippen LogP contribution in [0.2, 0.25) is 0 Å². The lowest BCUT2D eigenvalue weighted by Crippen LogP contribution is -2.56. The molecule has 6 aliphatic carbocycles. The van der Waals surface area contributed by atoms with Gasteiger partial charge in [-0.25, -0.2) is 4.79 Å². The summed E-state index contributed by atoms with van der Waals surface area (Å²) in [6.45, 7) is 2.25. The Morgan fingerprint density at radius 1 is 1.20 bits per heavy atom. The molecule has 0 radical (unpaired) electrons. The molecule has 9 atom stereocenters. The molecule has 0 aliphatic heterocycles. The standard InChI is InChI=1S/C25H32O5/c1-24-7-6-17-16-5-4-15(26)10-14(16)11-18(13-2-3-13)21(17)22(24)19-12-20(19)25(24,29)8-9-30-23(27)28/h8-10,13,16-22,29H,2-7,11-12H2,1H3,(H,27,28)/b9-8-/t16-,17+,18+,19+,20-,21-,22-,24-,25-/m0/s1. The summed E-state index contributed by atoms with van der Waals surface area (Å²) >= 11 is 0. The number of fused-ring (bicyclic) bond motifs is 7. The van der Waals surface area contributed by atoms with Crippen LogP contribution in [0.5, 0.6) is 0 Å². The number of allylic oxidation sites excluding steroid dienone is 1. The van der Waals surface area contributed by atoms with Gasteiger partial charge in [-0.1, -0.05) is 12.5 Å². The van der Waals surface area contributed by atoms with Gasteiger partial charge in [0, 0.05) is 11.8 Å². The molecule has 5 fully saturated rings. The molecule has 6 aliphatic rings. The predicted molar refractivity (Wildman–Crippen MR) is 109 cm³/mol. The molecular weight excluding hydrogens is 380 g/mol. The van der Waals surface area contributed by atoms with Gasteiger partial charge in [-0.05, 0) is 104 Å². The van der Waals surface area contributed by atoms with Gasteiger partial charge in [0.25, 0.3) is 0 Å². The predicted octanol–water partition coefficient (Wildman–Crippen LogP) is 4.56. The van der Waals surface area contributed by atoms with E-state index >= 15 is 0 Å². The van der Waals surface area contributed by atoms with Crippen molar-refractivity contribution in [1.82, 2.24) is 0 Å². The molecular formula is C25H32O5. The number of rotatable bonds is 3. The van der Waals surface area contributed by atoms with Crippen molar-refractivity contribution in [3.63, 3.8) is 0 Å². The third-order valence-corrected chi connectivity index (χ3v) is 10.1. The van der Waals surface area contributed by atoms with Gasteiger partial charge in [0.05, 0.1) is 11.9 Å². The van der Waals surface area contributed by atoms with E-state index in [9.17, 15) is 14.7 Å². The fraction of sp³-hybridized carbons (Fsp3) is 0.760. The summed E-state index contributed by atoms with van der Waals surface area (Å²) in [6.07, 6.45) is 12.0. The van der Waals surface area contributed by atoms with Crippen LogP contribution in [0.3, 0.4) is 0 Å². The average molecular weight is 413 g/mol. The highest BCUT2D eigenvalue weighted by molar-refractivity contribution is 5.91. The Morgan fingerprint density at radius 3 is 2.73 bits per heavy atom. The monoisotopic (exact) mass is 412 g/mol. The first-order chi connectivity index (χ1) is 14.3. The average Bonchev–Trinajstić information content (AvgIpc) is 3.59. The number of ketones is 1. The van der Waals surface area contributed by atoms with E-state index in [-0.39, 0.29) is 11.3 Å². The van der Waals surface area contributed by atoms with Gasteiger partial charge in [-0.3, -0.25) is 4.79 Å². The normalized spacial score (nSPS) is 51.5. The molecule has 0 amide bonds. The topological polar surface area (TPSA) is 83.8 Å². The maximum absolute atomic E-state index is 12.1. The molecule has 6 rings (SSSR count). The SMILES string of the molecule is C[C@]12CC[C@H]3[C@H]([C@@H]1[C@@H]1C[C@@H]1[C@@]2(O)/C=C\OC(=O)O)[C@@H](C1CC1)CC1=CC(=O)CC[C@@H]13. The third kappa shape index (κ3) is 2.50. The van der Waals surface area contributed by atoms with Crippen LogP contribution in [0, 0.1) is 52.8 Å². The Hall–Kier alpha value is -1.62. The third-order valence-electron chi connectivity index (χ3n) is 10.1. The molecule has 162 valence electrons. The van der Waals surface area contributed by atoms with Crippen LogP contribution in [-0.4, -0.2) is 27.8 Å². The fourth-order valence-corrected chi connectivity index (χ4v) is 8.83. The second-order valence-electron chi connectivity index (χ2n) is 11.3. The maximum atomic E-state index is 12.1. The summed E-state index contributed by atoms with van der Waals surface area (Å²) in [5.74, 6) is 4.84. The van der Waals surface area contributed by atoms with Gasteiger partial charge < -0.3 is 14.9 Å². The molecule has 5 saturated carbocycles. The summed E-state index contributed by atoms with van der Waals surface area (Å²) in [4.78, 5) is 22.9. The van der Waals surface area contributed by atoms with Crippen LogP contribution in [0.1, 0.15) is 58.3 Å². The van der Waals surface area contributed by atoms with Crippen molar-refractivity contribution in [3.8, 4) is 0 Å². The highest BCUT2D eigenvalue weighted by atomic mass is 16.7. The number of carbonyl (C=O) groups is 2. The molecule has 0 aromatic rings. The van der Waals surface area contributed by atoms with E-state index in [1.165, 1.54) is 24.7 Å². The summed E-state index contributed by atoms with van der Waals surface area (Å²) in [7, 11) is 0. The second kappa shape index (κ2) is 6.21. The van der Waals surface area contributed by atoms with Crippen LogP contribution in [-0.2, 0) is 9.53 Å². The number of carboxylic acid groups (broad SMARTS) is 1. The van der Waals surface area contributed by atoms with Crippen LogP contribution >= 0.6 is 0 Å². The van der Waals surface area contributed by atoms with E-state index < -0.39 is 11.8 Å². The van der Waals surface area contributed by atoms with E-state index in [1.54, 1.807) is 6.08 Å². The van der Waals surface area contributed by atoms with Crippen LogP contribution in [0.4, 0.5) is 4.79 Å². The van der Waals surface area contributed by atoms with Crippen molar-refractivity contribution in [2.75, 3.05) is 0 Å². The lowest BCUT2D eigenvalue weighted by atomic mass is 9.46. The Balaban J connectivity index is 1.37. The molecule has 0 aromatic heterocycles. The van der Waals surface area contributed by atoms with E-state index in [1.807, 2.05) is 6.08 Å². The smallest absolute Gasteiger partial charge is 0.449 e. The van der Waals surface area contributed by atoms with Gasteiger partial charge in [0.2, 0.25) is 0 Å². The minimum atomic E-state index is -1.34. The first kappa shape index (κ1) is 19.1. The molecule has 5 nitrogen and oxygen atoms in total. The Labute approximate surface area is 177 Å². The molecule has 0 spiro atoms. The highest BCUT2D eigenvalue weighted by Gasteiger charge is 2.76. The van der Waals surface area contributed by atoms with Gasteiger partial charge >= 0.3 is 6.16 Å². The van der Waals surface area contributed by atoms with Crippen LogP contribution < -0.4 is 0 Å². The van der Waals surface area contributed by atoms with Crippen molar-refractivity contribution in [2.45, 2.75) is 63.9 Å². The zero-order valence-corrected chi connectivity index (χ0v) is 17.6. The van der Waals surface area contributed by atoms with Crippen molar-refractivity contribution >= 4 is 11.9 Å². The zero-order valence-electron chi connectivity index (χ0n) is 17.6. The first-order valence-corrected chi connectivity index (χ1v) is 11.9. The minimum Gasteiger partial charge on any atom is -0.449 e. The molecule has 0 bridgehead atoms. The zero-order chi connectivity index (χ0) is 20.8. The molecule has 5 heteroatoms. The fourth-order valence-electron chi connectivity index (χ4n) is 8.83. The summed E-state index contributed by atoms with van der Waals surface area (Å²) in [5.41, 5.74) is 0.234. The van der Waals surface area contributed by atoms with Gasteiger partial charge in [-0.2, -0.15) is 0 Å². The first-order valence-electron chi connectivity index (χ1n) is 11.9. The molecule has 0 heterocycles. The molecule has 0 aromatic carbocycles. The van der Waals surface area contributed by atoms with E-state index in [0.29, 0.717) is 47.7 Å². The van der Waals surface area contributed by atoms with Gasteiger partial charge in [-0.15, -0.1) is 0 Å². The number of aliphatic hydroxyl groups is 1. The van der Waals surface area contributed by atoms with E-state index in [4.69, 9.17) is 5.11 Å². The summed E-state index contributed by atoms with van der Waals surface area (Å²) < 4.78 is 4.65. The molecule has 0 saturated heterocycles. The van der Waals surface area contributed by atoms with Gasteiger partial charge in [0.15, 0.2) is 5.78 Å². The Morgan fingerprint density at radius 2 is 2.00 bits per heavy atom. The summed E-state index contributed by atoms with van der Waals surface area (Å²) in [5, 5.41) is 20.7.